The van der Waals surface area contributed by atoms with Crippen LogP contribution in [0, 0.1) is 36.0 Å². The van der Waals surface area contributed by atoms with Gasteiger partial charge in [-0.05, 0) is 61.7 Å². The molecule has 1 saturated carbocycles. The number of nitrogens with zero attached hydrogens (tertiary/aromatic N) is 2. The maximum Gasteiger partial charge on any atom is 0.241 e. The van der Waals surface area contributed by atoms with Crippen LogP contribution in [0.15, 0.2) is 77.7 Å². The van der Waals surface area contributed by atoms with E-state index in [4.69, 9.17) is 0 Å². The van der Waals surface area contributed by atoms with Crippen LogP contribution in [-0.4, -0.2) is 33.6 Å². The number of para-hydroxylation sites is 2. The largest absolute Gasteiger partial charge is 0.507 e. The number of aryl methyl sites for hydroxylation is 1. The normalized spacial score (nSPS) is 30.8. The highest BCUT2D eigenvalue weighted by Crippen LogP contribution is 2.64. The molecule has 4 amide bonds. The summed E-state index contributed by atoms with van der Waals surface area (Å²) in [6, 6.07) is 18.2. The smallest absolute Gasteiger partial charge is 0.241 e. The minimum atomic E-state index is -1.17. The second-order valence-corrected chi connectivity index (χ2v) is 12.9. The minimum Gasteiger partial charge on any atom is -0.507 e. The Balaban J connectivity index is 1.36. The van der Waals surface area contributed by atoms with E-state index >= 15 is 0 Å². The molecule has 6 atom stereocenters. The van der Waals surface area contributed by atoms with E-state index in [-0.39, 0.29) is 35.9 Å². The third-order valence-electron chi connectivity index (χ3n) is 9.85. The third kappa shape index (κ3) is 3.56. The highest BCUT2D eigenvalue weighted by atomic mass is 32.1. The van der Waals surface area contributed by atoms with Gasteiger partial charge in [-0.2, -0.15) is 0 Å². The lowest BCUT2D eigenvalue weighted by molar-refractivity contribution is -0.141. The molecule has 0 unspecified atom stereocenters. The number of likely N-dealkylation sites (tertiary alicyclic amines) is 1. The van der Waals surface area contributed by atoms with E-state index in [0.29, 0.717) is 29.7 Å². The number of phenolic OH excluding ortho intramolecular Hbond substituents is 1. The van der Waals surface area contributed by atoms with Gasteiger partial charge in [0.2, 0.25) is 23.6 Å². The van der Waals surface area contributed by atoms with Crippen LogP contribution < -0.4 is 4.90 Å². The molecule has 1 N–H and O–H groups in total. The summed E-state index contributed by atoms with van der Waals surface area (Å²) in [5.74, 6) is -3.72. The van der Waals surface area contributed by atoms with Crippen molar-refractivity contribution >= 4 is 40.7 Å². The van der Waals surface area contributed by atoms with Gasteiger partial charge in [0.1, 0.15) is 5.75 Å². The topological polar surface area (TPSA) is 95.0 Å². The van der Waals surface area contributed by atoms with Crippen molar-refractivity contribution in [2.24, 2.45) is 29.1 Å². The van der Waals surface area contributed by atoms with Crippen molar-refractivity contribution in [2.75, 3.05) is 4.90 Å². The molecule has 2 aliphatic heterocycles. The number of amides is 4. The first-order valence-corrected chi connectivity index (χ1v) is 14.9. The highest BCUT2D eigenvalue weighted by Gasteiger charge is 2.67. The van der Waals surface area contributed by atoms with E-state index in [2.05, 4.69) is 0 Å². The average Bonchev–Trinajstić information content (AvgIpc) is 3.62. The van der Waals surface area contributed by atoms with Gasteiger partial charge in [0.05, 0.1) is 35.4 Å². The quantitative estimate of drug-likeness (QED) is 0.346. The van der Waals surface area contributed by atoms with E-state index in [1.54, 1.807) is 24.3 Å². The molecule has 0 spiro atoms. The Morgan fingerprint density at radius 3 is 2.44 bits per heavy atom. The molecule has 0 radical (unpaired) electrons. The van der Waals surface area contributed by atoms with Gasteiger partial charge in [0, 0.05) is 16.4 Å². The monoisotopic (exact) mass is 566 g/mol. The zero-order valence-electron chi connectivity index (χ0n) is 22.8. The fraction of sp³-hybridized carbons (Fsp3) is 0.333. The van der Waals surface area contributed by atoms with Crippen LogP contribution in [0.1, 0.15) is 41.7 Å². The first-order valence-electron chi connectivity index (χ1n) is 14.0. The van der Waals surface area contributed by atoms with Crippen LogP contribution in [0.2, 0.25) is 0 Å². The number of rotatable bonds is 4. The third-order valence-corrected chi connectivity index (χ3v) is 10.7. The van der Waals surface area contributed by atoms with Gasteiger partial charge in [0.25, 0.3) is 0 Å². The fourth-order valence-corrected chi connectivity index (χ4v) is 8.57. The lowest BCUT2D eigenvalue weighted by Gasteiger charge is -2.49. The number of phenols is 1. The van der Waals surface area contributed by atoms with Crippen molar-refractivity contribution in [2.45, 2.75) is 39.2 Å². The van der Waals surface area contributed by atoms with Crippen LogP contribution in [0.3, 0.4) is 0 Å². The van der Waals surface area contributed by atoms with Crippen LogP contribution in [-0.2, 0) is 25.7 Å². The molecule has 8 heteroatoms. The van der Waals surface area contributed by atoms with Gasteiger partial charge in [0.15, 0.2) is 0 Å². The van der Waals surface area contributed by atoms with Crippen molar-refractivity contribution in [3.8, 4) is 5.75 Å². The molecule has 208 valence electrons. The van der Waals surface area contributed by atoms with Gasteiger partial charge in [-0.15, -0.1) is 11.3 Å². The molecule has 4 aliphatic rings. The second-order valence-electron chi connectivity index (χ2n) is 11.9. The molecule has 2 aromatic carbocycles. The molecule has 2 saturated heterocycles. The molecule has 1 aromatic heterocycles. The number of imide groups is 2. The number of fused-ring (bicyclic) bond motifs is 4. The number of thiophene rings is 1. The molecular formula is C33H30N2O5S. The number of aromatic hydroxyl groups is 1. The molecular weight excluding hydrogens is 536 g/mol. The van der Waals surface area contributed by atoms with E-state index in [9.17, 15) is 24.3 Å². The summed E-state index contributed by atoms with van der Waals surface area (Å²) in [4.78, 5) is 59.6. The summed E-state index contributed by atoms with van der Waals surface area (Å²) in [5, 5.41) is 13.2. The zero-order chi connectivity index (χ0) is 28.6. The van der Waals surface area contributed by atoms with Crippen molar-refractivity contribution in [1.29, 1.82) is 0 Å². The van der Waals surface area contributed by atoms with Crippen LogP contribution >= 0.6 is 11.3 Å². The predicted molar refractivity (Wildman–Crippen MR) is 154 cm³/mol. The minimum absolute atomic E-state index is 0.0905. The molecule has 3 aromatic rings. The van der Waals surface area contributed by atoms with Gasteiger partial charge in [-0.25, -0.2) is 4.90 Å². The summed E-state index contributed by atoms with van der Waals surface area (Å²) in [6.45, 7) is 3.89. The van der Waals surface area contributed by atoms with Crippen LogP contribution in [0.25, 0.3) is 0 Å². The average molecular weight is 567 g/mol. The first kappa shape index (κ1) is 25.9. The maximum atomic E-state index is 14.4. The van der Waals surface area contributed by atoms with Crippen LogP contribution in [0.4, 0.5) is 5.69 Å². The molecule has 3 fully saturated rings. The Bertz CT molecular complexity index is 1630. The van der Waals surface area contributed by atoms with Crippen molar-refractivity contribution in [3.63, 3.8) is 0 Å². The molecule has 41 heavy (non-hydrogen) atoms. The fourth-order valence-electron chi connectivity index (χ4n) is 7.88. The van der Waals surface area contributed by atoms with E-state index in [1.165, 1.54) is 21.1 Å². The summed E-state index contributed by atoms with van der Waals surface area (Å²) in [6.07, 6.45) is 2.70. The number of anilines is 1. The number of allylic oxidation sites excluding steroid dienone is 2. The molecule has 3 heterocycles. The molecule has 7 rings (SSSR count). The van der Waals surface area contributed by atoms with Gasteiger partial charge in [-0.1, -0.05) is 54.1 Å². The van der Waals surface area contributed by atoms with E-state index < -0.39 is 35.0 Å². The van der Waals surface area contributed by atoms with Crippen molar-refractivity contribution < 1.29 is 24.3 Å². The number of hydrogen-bond donors (Lipinski definition) is 1. The Labute approximate surface area is 242 Å². The zero-order valence-corrected chi connectivity index (χ0v) is 23.6. The molecule has 0 bridgehead atoms. The number of carbonyl (C=O) groups excluding carboxylic acids is 4. The Kier molecular flexibility index (Phi) is 5.84. The summed E-state index contributed by atoms with van der Waals surface area (Å²) >= 11 is 1.51. The number of carbonyl (C=O) groups is 4. The van der Waals surface area contributed by atoms with Gasteiger partial charge in [-0.3, -0.25) is 24.1 Å². The van der Waals surface area contributed by atoms with E-state index in [0.717, 1.165) is 10.5 Å². The van der Waals surface area contributed by atoms with Gasteiger partial charge >= 0.3 is 0 Å². The highest BCUT2D eigenvalue weighted by molar-refractivity contribution is 7.09. The Morgan fingerprint density at radius 2 is 1.71 bits per heavy atom. The predicted octanol–water partition coefficient (Wildman–Crippen LogP) is 5.19. The molecule has 7 nitrogen and oxygen atoms in total. The Morgan fingerprint density at radius 1 is 0.927 bits per heavy atom. The first-order chi connectivity index (χ1) is 19.7. The van der Waals surface area contributed by atoms with Crippen molar-refractivity contribution in [3.05, 3.63) is 93.7 Å². The standard InChI is InChI=1S/C33H30N2O5S/c1-18-8-6-12-23(28(18)36)27-21-13-14-22-26(31(39)34(29(22)37)17-20-11-7-15-41-20)24(21)16-25-30(38)35(32(40)33(25,27)2)19-9-4-3-5-10-19/h3-13,15,22,24-27,36H,14,16-17H2,1-2H3/t22-,24+,25-,26-,27+,33+/m0/s1. The van der Waals surface area contributed by atoms with Crippen molar-refractivity contribution in [1.82, 2.24) is 4.90 Å². The summed E-state index contributed by atoms with van der Waals surface area (Å²) in [7, 11) is 0. The summed E-state index contributed by atoms with van der Waals surface area (Å²) in [5.41, 5.74) is 1.46. The SMILES string of the molecule is Cc1cccc([C@H]2C3=CC[C@@H]4C(=O)N(Cc5cccs5)C(=O)[C@@H]4[C@@H]3C[C@H]3C(=O)N(c4ccccc4)C(=O)[C@@]23C)c1O. The Hall–Kier alpha value is -4.04. The van der Waals surface area contributed by atoms with Crippen LogP contribution in [0.5, 0.6) is 5.75 Å². The maximum absolute atomic E-state index is 14.4. The summed E-state index contributed by atoms with van der Waals surface area (Å²) < 4.78 is 0. The second kappa shape index (κ2) is 9.24. The number of benzene rings is 2. The lowest BCUT2D eigenvalue weighted by atomic mass is 9.51. The number of hydrogen-bond acceptors (Lipinski definition) is 6. The van der Waals surface area contributed by atoms with E-state index in [1.807, 2.05) is 61.7 Å². The van der Waals surface area contributed by atoms with Gasteiger partial charge < -0.3 is 5.11 Å². The molecule has 2 aliphatic carbocycles. The lowest BCUT2D eigenvalue weighted by Crippen LogP contribution is -2.48.